The average Bonchev–Trinajstić information content (AvgIpc) is 2.41. The monoisotopic (exact) mass is 269 g/mol. The molecule has 0 amide bonds. The van der Waals surface area contributed by atoms with E-state index >= 15 is 0 Å². The summed E-state index contributed by atoms with van der Waals surface area (Å²) in [5.74, 6) is 1.58. The number of hydrogen-bond acceptors (Lipinski definition) is 3. The molecular weight excluding hydrogens is 246 g/mol. The fourth-order valence-corrected chi connectivity index (χ4v) is 2.40. The molecule has 0 radical (unpaired) electrons. The van der Waals surface area contributed by atoms with E-state index in [-0.39, 0.29) is 0 Å². The molecule has 0 atom stereocenters. The number of hydrogen-bond donors (Lipinski definition) is 1. The third-order valence-corrected chi connectivity index (χ3v) is 3.27. The first-order valence-electron chi connectivity index (χ1n) is 7.26. The molecule has 0 aliphatic heterocycles. The fraction of sp³-hybridized carbons (Fsp3) is 0.412. The van der Waals surface area contributed by atoms with Crippen molar-refractivity contribution in [2.45, 2.75) is 34.1 Å². The highest BCUT2D eigenvalue weighted by molar-refractivity contribution is 5.68. The molecule has 0 aliphatic rings. The van der Waals surface area contributed by atoms with Crippen molar-refractivity contribution in [3.63, 3.8) is 0 Å². The van der Waals surface area contributed by atoms with Crippen molar-refractivity contribution in [1.82, 2.24) is 9.97 Å². The predicted octanol–water partition coefficient (Wildman–Crippen LogP) is 4.08. The summed E-state index contributed by atoms with van der Waals surface area (Å²) in [6, 6.07) is 8.66. The van der Waals surface area contributed by atoms with Crippen LogP contribution in [0.5, 0.6) is 0 Å². The van der Waals surface area contributed by atoms with Crippen molar-refractivity contribution < 1.29 is 0 Å². The summed E-state index contributed by atoms with van der Waals surface area (Å²) < 4.78 is 0. The van der Waals surface area contributed by atoms with Gasteiger partial charge in [-0.3, -0.25) is 0 Å². The Bertz CT molecular complexity index is 576. The quantitative estimate of drug-likeness (QED) is 0.888. The van der Waals surface area contributed by atoms with E-state index in [2.05, 4.69) is 67.2 Å². The van der Waals surface area contributed by atoms with Gasteiger partial charge >= 0.3 is 0 Å². The van der Waals surface area contributed by atoms with E-state index in [1.54, 1.807) is 6.33 Å². The molecule has 1 heterocycles. The molecule has 2 aromatic rings. The average molecular weight is 269 g/mol. The summed E-state index contributed by atoms with van der Waals surface area (Å²) >= 11 is 0. The van der Waals surface area contributed by atoms with Crippen molar-refractivity contribution in [1.29, 1.82) is 0 Å². The van der Waals surface area contributed by atoms with Crippen LogP contribution < -0.4 is 5.32 Å². The summed E-state index contributed by atoms with van der Waals surface area (Å²) in [4.78, 5) is 8.76. The van der Waals surface area contributed by atoms with Gasteiger partial charge in [0.2, 0.25) is 0 Å². The molecule has 0 aliphatic carbocycles. The van der Waals surface area contributed by atoms with E-state index in [1.807, 2.05) is 0 Å². The van der Waals surface area contributed by atoms with Crippen LogP contribution in [0.2, 0.25) is 0 Å². The molecule has 0 unspecified atom stereocenters. The predicted molar refractivity (Wildman–Crippen MR) is 84.9 cm³/mol. The summed E-state index contributed by atoms with van der Waals surface area (Å²) in [6.07, 6.45) is 2.73. The second-order valence-corrected chi connectivity index (χ2v) is 5.52. The van der Waals surface area contributed by atoms with Crippen LogP contribution >= 0.6 is 0 Å². The fourth-order valence-electron chi connectivity index (χ4n) is 2.40. The van der Waals surface area contributed by atoms with Gasteiger partial charge in [0, 0.05) is 17.7 Å². The minimum Gasteiger partial charge on any atom is -0.370 e. The van der Waals surface area contributed by atoms with Gasteiger partial charge < -0.3 is 5.32 Å². The molecule has 2 rings (SSSR count). The molecule has 0 bridgehead atoms. The first-order valence-corrected chi connectivity index (χ1v) is 7.26. The largest absolute Gasteiger partial charge is 0.370 e. The molecular formula is C17H23N3. The second-order valence-electron chi connectivity index (χ2n) is 5.52. The van der Waals surface area contributed by atoms with E-state index in [9.17, 15) is 0 Å². The smallest absolute Gasteiger partial charge is 0.132 e. The third-order valence-electron chi connectivity index (χ3n) is 3.27. The van der Waals surface area contributed by atoms with Gasteiger partial charge in [-0.05, 0) is 37.8 Å². The van der Waals surface area contributed by atoms with Crippen molar-refractivity contribution in [2.24, 2.45) is 5.92 Å². The van der Waals surface area contributed by atoms with E-state index in [0.717, 1.165) is 30.0 Å². The first kappa shape index (κ1) is 14.5. The zero-order valence-electron chi connectivity index (χ0n) is 12.8. The Labute approximate surface area is 121 Å². The SMILES string of the molecule is CCNc1ncnc(-c2cccc(CC(C)C)c2)c1C. The number of rotatable bonds is 5. The number of anilines is 1. The molecule has 1 aromatic heterocycles. The Morgan fingerprint density at radius 3 is 2.70 bits per heavy atom. The number of aromatic nitrogens is 2. The zero-order valence-corrected chi connectivity index (χ0v) is 12.8. The van der Waals surface area contributed by atoms with Crippen molar-refractivity contribution in [3.8, 4) is 11.3 Å². The minimum absolute atomic E-state index is 0.661. The number of nitrogens with one attached hydrogen (secondary N) is 1. The minimum atomic E-state index is 0.661. The normalized spacial score (nSPS) is 10.8. The molecule has 1 N–H and O–H groups in total. The van der Waals surface area contributed by atoms with Gasteiger partial charge in [-0.1, -0.05) is 32.0 Å². The number of benzene rings is 1. The highest BCUT2D eigenvalue weighted by Gasteiger charge is 2.09. The van der Waals surface area contributed by atoms with E-state index in [1.165, 1.54) is 11.1 Å². The van der Waals surface area contributed by atoms with Crippen LogP contribution in [0.25, 0.3) is 11.3 Å². The highest BCUT2D eigenvalue weighted by Crippen LogP contribution is 2.26. The van der Waals surface area contributed by atoms with Crippen LogP contribution in [0.4, 0.5) is 5.82 Å². The van der Waals surface area contributed by atoms with Gasteiger partial charge in [0.1, 0.15) is 12.1 Å². The lowest BCUT2D eigenvalue weighted by Gasteiger charge is -2.12. The Morgan fingerprint density at radius 1 is 1.20 bits per heavy atom. The summed E-state index contributed by atoms with van der Waals surface area (Å²) in [6.45, 7) is 9.50. The van der Waals surface area contributed by atoms with Crippen LogP contribution in [-0.2, 0) is 6.42 Å². The van der Waals surface area contributed by atoms with Gasteiger partial charge in [-0.2, -0.15) is 0 Å². The van der Waals surface area contributed by atoms with Crippen LogP contribution in [0.3, 0.4) is 0 Å². The lowest BCUT2D eigenvalue weighted by Crippen LogP contribution is -2.04. The first-order chi connectivity index (χ1) is 9.61. The van der Waals surface area contributed by atoms with Crippen molar-refractivity contribution in [3.05, 3.63) is 41.7 Å². The van der Waals surface area contributed by atoms with Crippen LogP contribution in [0.15, 0.2) is 30.6 Å². The molecule has 106 valence electrons. The zero-order chi connectivity index (χ0) is 14.5. The van der Waals surface area contributed by atoms with E-state index in [0.29, 0.717) is 5.92 Å². The summed E-state index contributed by atoms with van der Waals surface area (Å²) in [7, 11) is 0. The molecule has 0 spiro atoms. The van der Waals surface area contributed by atoms with Crippen molar-refractivity contribution >= 4 is 5.82 Å². The van der Waals surface area contributed by atoms with Gasteiger partial charge in [-0.15, -0.1) is 0 Å². The van der Waals surface area contributed by atoms with E-state index < -0.39 is 0 Å². The van der Waals surface area contributed by atoms with Gasteiger partial charge in [0.25, 0.3) is 0 Å². The van der Waals surface area contributed by atoms with Gasteiger partial charge in [0.05, 0.1) is 5.69 Å². The lowest BCUT2D eigenvalue weighted by molar-refractivity contribution is 0.647. The molecule has 0 saturated heterocycles. The molecule has 20 heavy (non-hydrogen) atoms. The standard InChI is InChI=1S/C17H23N3/c1-5-18-17-13(4)16(19-11-20-17)15-8-6-7-14(10-15)9-12(2)3/h6-8,10-12H,5,9H2,1-4H3,(H,18,19,20). The second kappa shape index (κ2) is 6.51. The third kappa shape index (κ3) is 3.35. The number of nitrogens with zero attached hydrogens (tertiary/aromatic N) is 2. The highest BCUT2D eigenvalue weighted by atomic mass is 15.0. The summed E-state index contributed by atoms with van der Waals surface area (Å²) in [5, 5.41) is 3.28. The van der Waals surface area contributed by atoms with Crippen LogP contribution in [0, 0.1) is 12.8 Å². The molecule has 3 nitrogen and oxygen atoms in total. The van der Waals surface area contributed by atoms with Gasteiger partial charge in [0.15, 0.2) is 0 Å². The Balaban J connectivity index is 2.38. The van der Waals surface area contributed by atoms with Gasteiger partial charge in [-0.25, -0.2) is 9.97 Å². The molecule has 0 saturated carbocycles. The topological polar surface area (TPSA) is 37.8 Å². The Morgan fingerprint density at radius 2 is 2.00 bits per heavy atom. The van der Waals surface area contributed by atoms with Crippen LogP contribution in [-0.4, -0.2) is 16.5 Å². The van der Waals surface area contributed by atoms with E-state index in [4.69, 9.17) is 0 Å². The maximum atomic E-state index is 4.46. The Hall–Kier alpha value is -1.90. The lowest BCUT2D eigenvalue weighted by atomic mass is 9.99. The maximum absolute atomic E-state index is 4.46. The molecule has 3 heteroatoms. The van der Waals surface area contributed by atoms with Crippen LogP contribution in [0.1, 0.15) is 31.9 Å². The van der Waals surface area contributed by atoms with Crippen molar-refractivity contribution in [2.75, 3.05) is 11.9 Å². The molecule has 0 fully saturated rings. The maximum Gasteiger partial charge on any atom is 0.132 e. The molecule has 1 aromatic carbocycles. The Kier molecular flexibility index (Phi) is 4.72. The summed E-state index contributed by atoms with van der Waals surface area (Å²) in [5.41, 5.74) is 4.65.